The molecular formula is C23H25N3O4S. The lowest BCUT2D eigenvalue weighted by Crippen LogP contribution is -2.29. The molecule has 0 saturated heterocycles. The van der Waals surface area contributed by atoms with Gasteiger partial charge in [-0.2, -0.15) is 0 Å². The Morgan fingerprint density at radius 2 is 1.77 bits per heavy atom. The quantitative estimate of drug-likeness (QED) is 0.441. The number of amides is 2. The predicted octanol–water partition coefficient (Wildman–Crippen LogP) is 3.77. The number of nitrogens with zero attached hydrogens (tertiary/aromatic N) is 1. The average Bonchev–Trinajstić information content (AvgIpc) is 3.15. The number of carbonyl (C=O) groups excluding carboxylic acids is 2. The van der Waals surface area contributed by atoms with Gasteiger partial charge < -0.3 is 20.5 Å². The van der Waals surface area contributed by atoms with Crippen LogP contribution in [0.4, 0.5) is 0 Å². The standard InChI is InChI=1S/C23H25N3O4S/c1-3-30-19-10-8-16(9-11-19)23-26-15(2)20(31-23)22(29)25-13-5-12-24-21(28)17-6-4-7-18(27)14-17/h4,6-11,14,27H,3,5,12-13H2,1-2H3,(H,24,28)(H,25,29). The van der Waals surface area contributed by atoms with Crippen LogP contribution in [-0.2, 0) is 0 Å². The number of thiazole rings is 1. The highest BCUT2D eigenvalue weighted by Gasteiger charge is 2.16. The molecule has 0 spiro atoms. The number of benzene rings is 2. The third-order valence-corrected chi connectivity index (χ3v) is 5.65. The van der Waals surface area contributed by atoms with E-state index in [-0.39, 0.29) is 17.6 Å². The van der Waals surface area contributed by atoms with Gasteiger partial charge in [-0.05, 0) is 62.7 Å². The van der Waals surface area contributed by atoms with Crippen LogP contribution in [0, 0.1) is 6.92 Å². The summed E-state index contributed by atoms with van der Waals surface area (Å²) < 4.78 is 5.45. The molecule has 0 unspecified atom stereocenters. The number of hydrogen-bond donors (Lipinski definition) is 3. The van der Waals surface area contributed by atoms with Gasteiger partial charge in [-0.1, -0.05) is 6.07 Å². The molecule has 1 heterocycles. The first kappa shape index (κ1) is 22.3. The molecule has 3 N–H and O–H groups in total. The van der Waals surface area contributed by atoms with Gasteiger partial charge in [0.25, 0.3) is 11.8 Å². The minimum absolute atomic E-state index is 0.0458. The highest BCUT2D eigenvalue weighted by atomic mass is 32.1. The van der Waals surface area contributed by atoms with E-state index in [1.165, 1.54) is 23.5 Å². The van der Waals surface area contributed by atoms with Gasteiger partial charge in [-0.3, -0.25) is 9.59 Å². The highest BCUT2D eigenvalue weighted by Crippen LogP contribution is 2.29. The zero-order valence-electron chi connectivity index (χ0n) is 17.5. The summed E-state index contributed by atoms with van der Waals surface area (Å²) in [5, 5.41) is 15.9. The number of aryl methyl sites for hydroxylation is 1. The van der Waals surface area contributed by atoms with E-state index in [4.69, 9.17) is 4.74 Å². The molecule has 1 aromatic heterocycles. The van der Waals surface area contributed by atoms with E-state index in [0.29, 0.717) is 42.3 Å². The molecule has 7 nitrogen and oxygen atoms in total. The van der Waals surface area contributed by atoms with Crippen molar-refractivity contribution in [2.45, 2.75) is 20.3 Å². The fraction of sp³-hybridized carbons (Fsp3) is 0.261. The van der Waals surface area contributed by atoms with Gasteiger partial charge in [0.2, 0.25) is 0 Å². The van der Waals surface area contributed by atoms with Crippen LogP contribution in [0.3, 0.4) is 0 Å². The van der Waals surface area contributed by atoms with Crippen molar-refractivity contribution in [2.75, 3.05) is 19.7 Å². The fourth-order valence-electron chi connectivity index (χ4n) is 2.91. The number of rotatable bonds is 9. The van der Waals surface area contributed by atoms with E-state index in [2.05, 4.69) is 15.6 Å². The molecule has 0 aliphatic rings. The second-order valence-corrected chi connectivity index (χ2v) is 7.81. The Morgan fingerprint density at radius 1 is 1.06 bits per heavy atom. The molecule has 2 amide bonds. The van der Waals surface area contributed by atoms with Crippen molar-refractivity contribution in [3.05, 3.63) is 64.7 Å². The summed E-state index contributed by atoms with van der Waals surface area (Å²) in [5.41, 5.74) is 2.01. The third-order valence-electron chi connectivity index (χ3n) is 4.45. The number of aromatic nitrogens is 1. The van der Waals surface area contributed by atoms with Crippen LogP contribution >= 0.6 is 11.3 Å². The fourth-order valence-corrected chi connectivity index (χ4v) is 3.90. The number of hydrogen-bond acceptors (Lipinski definition) is 6. The molecule has 8 heteroatoms. The summed E-state index contributed by atoms with van der Waals surface area (Å²) in [6.45, 7) is 5.20. The molecule has 0 fully saturated rings. The summed E-state index contributed by atoms with van der Waals surface area (Å²) in [7, 11) is 0. The van der Waals surface area contributed by atoms with Gasteiger partial charge >= 0.3 is 0 Å². The molecule has 3 aromatic rings. The minimum atomic E-state index is -0.263. The second-order valence-electron chi connectivity index (χ2n) is 6.81. The molecule has 0 atom stereocenters. The molecule has 2 aromatic carbocycles. The largest absolute Gasteiger partial charge is 0.508 e. The Kier molecular flexibility index (Phi) is 7.61. The van der Waals surface area contributed by atoms with Gasteiger partial charge in [-0.25, -0.2) is 4.98 Å². The monoisotopic (exact) mass is 439 g/mol. The maximum atomic E-state index is 12.5. The van der Waals surface area contributed by atoms with E-state index in [1.807, 2.05) is 38.1 Å². The molecule has 3 rings (SSSR count). The topological polar surface area (TPSA) is 101 Å². The number of carbonyl (C=O) groups is 2. The second kappa shape index (κ2) is 10.6. The Hall–Kier alpha value is -3.39. The summed E-state index contributed by atoms with van der Waals surface area (Å²) in [6.07, 6.45) is 0.583. The molecule has 0 bridgehead atoms. The van der Waals surface area contributed by atoms with Gasteiger partial charge in [0, 0.05) is 24.2 Å². The molecule has 0 radical (unpaired) electrons. The highest BCUT2D eigenvalue weighted by molar-refractivity contribution is 7.17. The van der Waals surface area contributed by atoms with Gasteiger partial charge in [-0.15, -0.1) is 11.3 Å². The first-order valence-electron chi connectivity index (χ1n) is 10.0. The Bertz CT molecular complexity index is 1050. The van der Waals surface area contributed by atoms with Crippen molar-refractivity contribution < 1.29 is 19.4 Å². The summed E-state index contributed by atoms with van der Waals surface area (Å²) in [4.78, 5) is 29.7. The smallest absolute Gasteiger partial charge is 0.263 e. The first-order valence-corrected chi connectivity index (χ1v) is 10.9. The van der Waals surface area contributed by atoms with E-state index < -0.39 is 0 Å². The maximum Gasteiger partial charge on any atom is 0.263 e. The Balaban J connectivity index is 1.48. The zero-order chi connectivity index (χ0) is 22.2. The lowest BCUT2D eigenvalue weighted by molar-refractivity contribution is 0.0952. The van der Waals surface area contributed by atoms with E-state index in [1.54, 1.807) is 12.1 Å². The summed E-state index contributed by atoms with van der Waals surface area (Å²) >= 11 is 1.35. The number of phenolic OH excluding ortho intramolecular Hbond substituents is 1. The number of aromatic hydroxyl groups is 1. The number of nitrogens with one attached hydrogen (secondary N) is 2. The van der Waals surface area contributed by atoms with E-state index in [0.717, 1.165) is 16.3 Å². The number of ether oxygens (including phenoxy) is 1. The lowest BCUT2D eigenvalue weighted by atomic mass is 10.2. The van der Waals surface area contributed by atoms with Crippen LogP contribution in [0.15, 0.2) is 48.5 Å². The van der Waals surface area contributed by atoms with Crippen molar-refractivity contribution in [1.82, 2.24) is 15.6 Å². The van der Waals surface area contributed by atoms with Crippen molar-refractivity contribution >= 4 is 23.2 Å². The number of phenols is 1. The van der Waals surface area contributed by atoms with Crippen LogP contribution < -0.4 is 15.4 Å². The van der Waals surface area contributed by atoms with Crippen molar-refractivity contribution in [2.24, 2.45) is 0 Å². The minimum Gasteiger partial charge on any atom is -0.508 e. The summed E-state index contributed by atoms with van der Waals surface area (Å²) in [5.74, 6) is 0.408. The molecule has 0 aliphatic carbocycles. The van der Waals surface area contributed by atoms with Gasteiger partial charge in [0.1, 0.15) is 21.4 Å². The van der Waals surface area contributed by atoms with E-state index >= 15 is 0 Å². The SMILES string of the molecule is CCOc1ccc(-c2nc(C)c(C(=O)NCCCNC(=O)c3cccc(O)c3)s2)cc1. The zero-order valence-corrected chi connectivity index (χ0v) is 18.3. The molecule has 162 valence electrons. The normalized spacial score (nSPS) is 10.5. The van der Waals surface area contributed by atoms with Crippen LogP contribution in [0.2, 0.25) is 0 Å². The first-order chi connectivity index (χ1) is 15.0. The molecule has 31 heavy (non-hydrogen) atoms. The van der Waals surface area contributed by atoms with Crippen LogP contribution in [0.1, 0.15) is 39.1 Å². The van der Waals surface area contributed by atoms with E-state index in [9.17, 15) is 14.7 Å². The van der Waals surface area contributed by atoms with Crippen LogP contribution in [0.25, 0.3) is 10.6 Å². The Labute approximate surface area is 185 Å². The van der Waals surface area contributed by atoms with Crippen molar-refractivity contribution in [3.63, 3.8) is 0 Å². The van der Waals surface area contributed by atoms with Gasteiger partial charge in [0.15, 0.2) is 0 Å². The average molecular weight is 440 g/mol. The predicted molar refractivity (Wildman–Crippen MR) is 121 cm³/mol. The van der Waals surface area contributed by atoms with Crippen LogP contribution in [0.5, 0.6) is 11.5 Å². The van der Waals surface area contributed by atoms with Crippen LogP contribution in [-0.4, -0.2) is 41.6 Å². The molecule has 0 aliphatic heterocycles. The van der Waals surface area contributed by atoms with Gasteiger partial charge in [0.05, 0.1) is 12.3 Å². The van der Waals surface area contributed by atoms with Crippen molar-refractivity contribution in [3.8, 4) is 22.1 Å². The molecule has 0 saturated carbocycles. The van der Waals surface area contributed by atoms with Crippen molar-refractivity contribution in [1.29, 1.82) is 0 Å². The third kappa shape index (κ3) is 6.05. The summed E-state index contributed by atoms with van der Waals surface area (Å²) in [6, 6.07) is 13.8. The maximum absolute atomic E-state index is 12.5. The lowest BCUT2D eigenvalue weighted by Gasteiger charge is -2.07. The molecular weight excluding hydrogens is 414 g/mol. The Morgan fingerprint density at radius 3 is 2.45 bits per heavy atom.